The molecule has 7 aromatic rings. The Morgan fingerprint density at radius 2 is 0.594 bits per heavy atom. The van der Waals surface area contributed by atoms with Crippen LogP contribution in [0.5, 0.6) is 0 Å². The monoisotopic (exact) mass is 1010 g/mol. The molecule has 0 saturated heterocycles. The first-order valence-electron chi connectivity index (χ1n) is 19.0. The molecule has 0 amide bonds. The first-order chi connectivity index (χ1) is 32.3. The highest BCUT2D eigenvalue weighted by Crippen LogP contribution is 2.31. The number of rotatable bonds is 9. The Balaban J connectivity index is 0.000000273. The number of halogens is 20. The van der Waals surface area contributed by atoms with E-state index in [9.17, 15) is 57.5 Å². The smallest absolute Gasteiger partial charge is 0.212 e. The van der Waals surface area contributed by atoms with E-state index in [1.807, 2.05) is 30.3 Å². The van der Waals surface area contributed by atoms with Gasteiger partial charge in [-0.15, -0.1) is 21.9 Å². The minimum atomic E-state index is -7.22. The van der Waals surface area contributed by atoms with Crippen molar-refractivity contribution < 1.29 is 92.6 Å². The highest BCUT2D eigenvalue weighted by Gasteiger charge is 2.52. The molecule has 0 N–H and O–H groups in total. The van der Waals surface area contributed by atoms with E-state index >= 15 is 35.1 Å². The average Bonchev–Trinajstić information content (AvgIpc) is 3.33. The van der Waals surface area contributed by atoms with Gasteiger partial charge in [0.1, 0.15) is 52.7 Å². The van der Waals surface area contributed by atoms with Gasteiger partial charge in [0.25, 0.3) is 0 Å². The average molecular weight is 1010 g/mol. The van der Waals surface area contributed by atoms with E-state index in [1.165, 1.54) is 20.9 Å². The third-order valence-electron chi connectivity index (χ3n) is 10.6. The second-order valence-electron chi connectivity index (χ2n) is 14.8. The molecule has 360 valence electrons. The molecule has 7 aromatic carbocycles. The normalized spacial score (nSPS) is 11.6. The molecule has 23 heteroatoms. The van der Waals surface area contributed by atoms with Crippen molar-refractivity contribution in [2.24, 2.45) is 0 Å². The summed E-state index contributed by atoms with van der Waals surface area (Å²) in [6.45, 7) is 4.20. The molecule has 0 aliphatic carbocycles. The molecule has 1 nitrogen and oxygen atoms in total. The zero-order valence-electron chi connectivity index (χ0n) is 34.2. The summed E-state index contributed by atoms with van der Waals surface area (Å²) < 4.78 is 294. The van der Waals surface area contributed by atoms with E-state index < -0.39 is 144 Å². The number of aryl methyl sites for hydroxylation is 2. The van der Waals surface area contributed by atoms with Crippen LogP contribution in [-0.2, 0) is 10.9 Å². The molecule has 0 heterocycles. The van der Waals surface area contributed by atoms with Gasteiger partial charge in [0.15, 0.2) is 85.4 Å². The third-order valence-corrected chi connectivity index (χ3v) is 12.8. The topological polar surface area (TPSA) is 17.1 Å². The van der Waals surface area contributed by atoms with Crippen molar-refractivity contribution in [3.8, 4) is 0 Å². The van der Waals surface area contributed by atoms with Gasteiger partial charge >= 0.3 is 0 Å². The van der Waals surface area contributed by atoms with Crippen molar-refractivity contribution in [3.05, 3.63) is 212 Å². The van der Waals surface area contributed by atoms with E-state index in [1.54, 1.807) is 0 Å². The van der Waals surface area contributed by atoms with Crippen LogP contribution in [-0.4, -0.2) is 17.7 Å². The van der Waals surface area contributed by atoms with Gasteiger partial charge in [-0.3, -0.25) is 4.79 Å². The predicted octanol–water partition coefficient (Wildman–Crippen LogP) is 11.1. The summed E-state index contributed by atoms with van der Waals surface area (Å²) in [7, 11) is -0.252. The van der Waals surface area contributed by atoms with Crippen molar-refractivity contribution in [3.63, 3.8) is 0 Å². The molecule has 0 aromatic heterocycles. The van der Waals surface area contributed by atoms with Crippen LogP contribution in [0.4, 0.5) is 87.8 Å². The summed E-state index contributed by atoms with van der Waals surface area (Å²) in [5, 5.41) is 0. The van der Waals surface area contributed by atoms with Crippen molar-refractivity contribution in [1.29, 1.82) is 0 Å². The van der Waals surface area contributed by atoms with Gasteiger partial charge in [-0.05, 0) is 49.2 Å². The lowest BCUT2D eigenvalue weighted by molar-refractivity contribution is 0.102. The van der Waals surface area contributed by atoms with Crippen LogP contribution < -0.4 is 21.9 Å². The Hall–Kier alpha value is -6.78. The van der Waals surface area contributed by atoms with Gasteiger partial charge in [-0.2, -0.15) is 0 Å². The fourth-order valence-corrected chi connectivity index (χ4v) is 9.73. The van der Waals surface area contributed by atoms with Crippen LogP contribution in [0.3, 0.4) is 0 Å². The number of ketones is 1. The Morgan fingerprint density at radius 3 is 0.841 bits per heavy atom. The van der Waals surface area contributed by atoms with Gasteiger partial charge in [-0.1, -0.05) is 54.6 Å². The highest BCUT2D eigenvalue weighted by atomic mass is 32.2. The molecule has 0 aliphatic heterocycles. The van der Waals surface area contributed by atoms with Crippen LogP contribution in [0, 0.1) is 130 Å². The van der Waals surface area contributed by atoms with Gasteiger partial charge in [-0.25, -0.2) is 87.8 Å². The lowest BCUT2D eigenvalue weighted by atomic mass is 9.12. The summed E-state index contributed by atoms with van der Waals surface area (Å²) in [6.07, 6.45) is -7.22. The molecule has 0 aliphatic rings. The summed E-state index contributed by atoms with van der Waals surface area (Å²) >= 11 is 0. The summed E-state index contributed by atoms with van der Waals surface area (Å²) in [4.78, 5) is 15.2. The van der Waals surface area contributed by atoms with Crippen molar-refractivity contribution in [1.82, 2.24) is 0 Å². The minimum absolute atomic E-state index is 0.196. The first kappa shape index (κ1) is 51.6. The third kappa shape index (κ3) is 8.69. The molecule has 0 fully saturated rings. The van der Waals surface area contributed by atoms with Gasteiger partial charge in [0.05, 0.1) is 10.9 Å². The fraction of sp³-hybridized carbons (Fsp3) is 0.0652. The van der Waals surface area contributed by atoms with Crippen LogP contribution in [0.2, 0.25) is 0 Å². The number of carbonyl (C=O) groups is 1. The van der Waals surface area contributed by atoms with Crippen molar-refractivity contribution in [2.45, 2.75) is 23.6 Å². The lowest BCUT2D eigenvalue weighted by Gasteiger charge is -2.44. The van der Waals surface area contributed by atoms with Crippen LogP contribution in [0.15, 0.2) is 88.7 Å². The number of hydrogen-bond acceptors (Lipinski definition) is 1. The molecule has 7 rings (SSSR count). The van der Waals surface area contributed by atoms with Crippen LogP contribution in [0.25, 0.3) is 0 Å². The van der Waals surface area contributed by atoms with Crippen molar-refractivity contribution in [2.75, 3.05) is 5.75 Å². The minimum Gasteiger partial charge on any atom is -0.289 e. The zero-order valence-corrected chi connectivity index (χ0v) is 35.0. The SMILES string of the molecule is Cc1cccc([S+](CC(=O)c2ccccc2)c2cccc(C)c2)c1.Fc1c(F)c(F)c([B-](c2c(F)c(F)c(F)c(F)c2F)(c2c(F)c(F)c(F)c(F)c2F)c2c(F)c(F)c(F)c(F)c2F)c(F)c1F. The van der Waals surface area contributed by atoms with Crippen LogP contribution in [0.1, 0.15) is 21.5 Å². The van der Waals surface area contributed by atoms with Crippen molar-refractivity contribution >= 4 is 44.7 Å². The molecule has 0 spiro atoms. The molecule has 0 atom stereocenters. The number of carbonyl (C=O) groups excluding carboxylic acids is 1. The maximum atomic E-state index is 15.4. The van der Waals surface area contributed by atoms with E-state index in [4.69, 9.17) is 0 Å². The highest BCUT2D eigenvalue weighted by molar-refractivity contribution is 7.97. The molecular formula is C46H21BF20OS. The molecule has 69 heavy (non-hydrogen) atoms. The van der Waals surface area contributed by atoms with E-state index in [0.717, 1.165) is 5.56 Å². The van der Waals surface area contributed by atoms with E-state index in [2.05, 4.69) is 62.4 Å². The molecular weight excluding hydrogens is 991 g/mol. The van der Waals surface area contributed by atoms with Gasteiger partial charge in [0, 0.05) is 5.56 Å². The Labute approximate surface area is 377 Å². The number of Topliss-reactive ketones (excluding diaryl/α,β-unsaturated/α-hetero) is 1. The number of hydrogen-bond donors (Lipinski definition) is 0. The first-order valence-corrected chi connectivity index (χ1v) is 20.4. The van der Waals surface area contributed by atoms with Gasteiger partial charge < -0.3 is 0 Å². The zero-order chi connectivity index (χ0) is 51.3. The standard InChI is InChI=1S/C24BF20.C22H21OS/c26-5-1(6(27)14(35)21(42)13(5)34)25(2-7(28)15(36)22(43)16(37)8(2)29,3-9(30)17(38)23(44)18(39)10(3)31)4-11(32)19(40)24(45)20(41)12(4)33;1-17-8-6-12-20(14-17)24(21-13-7-9-18(2)15-21)16-22(23)19-10-4-3-5-11-19/h;3-15H,16H2,1-2H3/q-1;+1. The van der Waals surface area contributed by atoms with E-state index in [0.29, 0.717) is 5.75 Å². The Morgan fingerprint density at radius 1 is 0.348 bits per heavy atom. The fourth-order valence-electron chi connectivity index (χ4n) is 7.55. The molecule has 0 bridgehead atoms. The maximum absolute atomic E-state index is 15.4. The number of benzene rings is 7. The predicted molar refractivity (Wildman–Crippen MR) is 211 cm³/mol. The largest absolute Gasteiger partial charge is 0.289 e. The summed E-state index contributed by atoms with van der Waals surface area (Å²) in [5.41, 5.74) is -11.1. The summed E-state index contributed by atoms with van der Waals surface area (Å²) in [6, 6.07) is 26.6. The Kier molecular flexibility index (Phi) is 14.7. The second-order valence-corrected chi connectivity index (χ2v) is 16.8. The summed E-state index contributed by atoms with van der Waals surface area (Å²) in [5.74, 6) is -70.7. The Bertz CT molecular complexity index is 2780. The van der Waals surface area contributed by atoms with Gasteiger partial charge in [0.2, 0.25) is 5.78 Å². The van der Waals surface area contributed by atoms with Crippen LogP contribution >= 0.6 is 0 Å². The molecule has 0 radical (unpaired) electrons. The lowest BCUT2D eigenvalue weighted by Crippen LogP contribution is -2.81. The second kappa shape index (κ2) is 19.7. The maximum Gasteiger partial charge on any atom is 0.212 e. The molecule has 0 saturated carbocycles. The van der Waals surface area contributed by atoms with E-state index in [-0.39, 0.29) is 16.7 Å². The molecule has 0 unspecified atom stereocenters. The quantitative estimate of drug-likeness (QED) is 0.0352.